The second-order valence-corrected chi connectivity index (χ2v) is 5.00. The van der Waals surface area contributed by atoms with Crippen LogP contribution in [0.3, 0.4) is 0 Å². The molecule has 1 aromatic rings. The maximum Gasteiger partial charge on any atom is 0.0534 e. The number of aryl methyl sites for hydroxylation is 1. The summed E-state index contributed by atoms with van der Waals surface area (Å²) in [7, 11) is 1.97. The number of piperidine rings is 1. The Hall–Kier alpha value is -0.540. The summed E-state index contributed by atoms with van der Waals surface area (Å²) in [5, 5.41) is 4.22. The molecule has 4 heteroatoms. The first-order chi connectivity index (χ1) is 7.79. The number of likely N-dealkylation sites (tertiary alicyclic amines) is 1. The first-order valence-corrected chi connectivity index (χ1v) is 6.60. The smallest absolute Gasteiger partial charge is 0.0534 e. The van der Waals surface area contributed by atoms with Crippen LogP contribution in [0.4, 0.5) is 0 Å². The minimum atomic E-state index is 0.673. The predicted octanol–water partition coefficient (Wildman–Crippen LogP) is 2.40. The number of hydrogen-bond acceptors (Lipinski definition) is 2. The molecule has 1 fully saturated rings. The summed E-state index contributed by atoms with van der Waals surface area (Å²) in [5.74, 6) is 0.772. The van der Waals surface area contributed by atoms with Gasteiger partial charge in [-0.25, -0.2) is 0 Å². The first kappa shape index (κ1) is 11.9. The van der Waals surface area contributed by atoms with Crippen molar-refractivity contribution in [3.63, 3.8) is 0 Å². The Balaban J connectivity index is 1.95. The van der Waals surface area contributed by atoms with E-state index in [1.54, 1.807) is 0 Å². The minimum absolute atomic E-state index is 0.673. The summed E-state index contributed by atoms with van der Waals surface area (Å²) in [6.45, 7) is 2.23. The fourth-order valence-corrected chi connectivity index (χ4v) is 2.76. The zero-order valence-corrected chi connectivity index (χ0v) is 10.7. The number of rotatable bonds is 4. The van der Waals surface area contributed by atoms with Gasteiger partial charge in [0.25, 0.3) is 0 Å². The number of aromatic nitrogens is 2. The Labute approximate surface area is 102 Å². The summed E-state index contributed by atoms with van der Waals surface area (Å²) >= 11 is 5.86. The molecule has 2 heterocycles. The van der Waals surface area contributed by atoms with Crippen LogP contribution in [0.5, 0.6) is 0 Å². The molecular weight excluding hydrogens is 222 g/mol. The number of halogens is 1. The summed E-state index contributed by atoms with van der Waals surface area (Å²) in [4.78, 5) is 2.56. The maximum atomic E-state index is 5.86. The third-order valence-electron chi connectivity index (χ3n) is 3.34. The lowest BCUT2D eigenvalue weighted by Crippen LogP contribution is -2.39. The van der Waals surface area contributed by atoms with Gasteiger partial charge >= 0.3 is 0 Å². The van der Waals surface area contributed by atoms with Gasteiger partial charge in [-0.05, 0) is 25.8 Å². The minimum Gasteiger partial charge on any atom is -0.296 e. The van der Waals surface area contributed by atoms with Gasteiger partial charge in [-0.15, -0.1) is 11.6 Å². The highest BCUT2D eigenvalue weighted by atomic mass is 35.5. The van der Waals surface area contributed by atoms with E-state index in [1.165, 1.54) is 31.4 Å². The fourth-order valence-electron chi connectivity index (χ4n) is 2.51. The van der Waals surface area contributed by atoms with Crippen LogP contribution in [0.25, 0.3) is 0 Å². The monoisotopic (exact) mass is 241 g/mol. The number of hydrogen-bond donors (Lipinski definition) is 0. The van der Waals surface area contributed by atoms with Crippen LogP contribution in [-0.4, -0.2) is 33.1 Å². The summed E-state index contributed by atoms with van der Waals surface area (Å²) in [6, 6.07) is 0.673. The molecule has 1 atom stereocenters. The van der Waals surface area contributed by atoms with E-state index in [2.05, 4.69) is 16.2 Å². The zero-order chi connectivity index (χ0) is 11.4. The maximum absolute atomic E-state index is 5.86. The molecule has 1 saturated heterocycles. The molecule has 0 aliphatic carbocycles. The average molecular weight is 242 g/mol. The van der Waals surface area contributed by atoms with Crippen molar-refractivity contribution in [1.29, 1.82) is 0 Å². The first-order valence-electron chi connectivity index (χ1n) is 6.07. The van der Waals surface area contributed by atoms with Crippen LogP contribution in [-0.2, 0) is 13.6 Å². The Kier molecular flexibility index (Phi) is 4.24. The molecule has 2 rings (SSSR count). The fraction of sp³-hybridized carbons (Fsp3) is 0.750. The second-order valence-electron chi connectivity index (χ2n) is 4.62. The summed E-state index contributed by atoms with van der Waals surface area (Å²) < 4.78 is 1.87. The molecule has 1 aromatic heterocycles. The van der Waals surface area contributed by atoms with Crippen LogP contribution >= 0.6 is 11.6 Å². The number of nitrogens with zero attached hydrogens (tertiary/aromatic N) is 3. The van der Waals surface area contributed by atoms with Gasteiger partial charge in [-0.2, -0.15) is 5.10 Å². The Morgan fingerprint density at radius 2 is 2.38 bits per heavy atom. The average Bonchev–Trinajstić information content (AvgIpc) is 2.67. The van der Waals surface area contributed by atoms with E-state index in [1.807, 2.05) is 17.9 Å². The molecule has 1 unspecified atom stereocenters. The van der Waals surface area contributed by atoms with Gasteiger partial charge in [0.2, 0.25) is 0 Å². The molecular formula is C12H20ClN3. The molecule has 0 amide bonds. The van der Waals surface area contributed by atoms with Crippen molar-refractivity contribution in [1.82, 2.24) is 14.7 Å². The standard InChI is InChI=1S/C12H20ClN3/c1-15-9-11(8-14-15)10-16-7-3-2-4-12(16)5-6-13/h8-9,12H,2-7,10H2,1H3. The van der Waals surface area contributed by atoms with Crippen LogP contribution in [0.15, 0.2) is 12.4 Å². The highest BCUT2D eigenvalue weighted by Crippen LogP contribution is 2.22. The largest absolute Gasteiger partial charge is 0.296 e. The van der Waals surface area contributed by atoms with E-state index in [-0.39, 0.29) is 0 Å². The quantitative estimate of drug-likeness (QED) is 0.755. The topological polar surface area (TPSA) is 21.1 Å². The van der Waals surface area contributed by atoms with Crippen molar-refractivity contribution < 1.29 is 0 Å². The van der Waals surface area contributed by atoms with Gasteiger partial charge in [0.05, 0.1) is 6.20 Å². The number of alkyl halides is 1. The SMILES string of the molecule is Cn1cc(CN2CCCCC2CCCl)cn1. The highest BCUT2D eigenvalue weighted by molar-refractivity contribution is 6.17. The summed E-state index contributed by atoms with van der Waals surface area (Å²) in [5.41, 5.74) is 1.31. The van der Waals surface area contributed by atoms with Crippen LogP contribution in [0.2, 0.25) is 0 Å². The Morgan fingerprint density at radius 3 is 3.06 bits per heavy atom. The van der Waals surface area contributed by atoms with E-state index in [9.17, 15) is 0 Å². The zero-order valence-electron chi connectivity index (χ0n) is 9.90. The predicted molar refractivity (Wildman–Crippen MR) is 66.6 cm³/mol. The van der Waals surface area contributed by atoms with Gasteiger partial charge in [0.15, 0.2) is 0 Å². The van der Waals surface area contributed by atoms with Crippen molar-refractivity contribution >= 4 is 11.6 Å². The molecule has 0 N–H and O–H groups in total. The molecule has 16 heavy (non-hydrogen) atoms. The van der Waals surface area contributed by atoms with Crippen molar-refractivity contribution in [2.75, 3.05) is 12.4 Å². The third kappa shape index (κ3) is 2.98. The molecule has 90 valence electrons. The highest BCUT2D eigenvalue weighted by Gasteiger charge is 2.21. The second kappa shape index (κ2) is 5.69. The van der Waals surface area contributed by atoms with E-state index < -0.39 is 0 Å². The molecule has 0 spiro atoms. The van der Waals surface area contributed by atoms with Crippen molar-refractivity contribution in [2.24, 2.45) is 7.05 Å². The molecule has 0 bridgehead atoms. The molecule has 1 aliphatic heterocycles. The van der Waals surface area contributed by atoms with Crippen LogP contribution in [0.1, 0.15) is 31.2 Å². The van der Waals surface area contributed by atoms with Crippen LogP contribution < -0.4 is 0 Å². The van der Waals surface area contributed by atoms with E-state index in [0.29, 0.717) is 6.04 Å². The van der Waals surface area contributed by atoms with E-state index in [4.69, 9.17) is 11.6 Å². The van der Waals surface area contributed by atoms with Gasteiger partial charge in [-0.1, -0.05) is 6.42 Å². The van der Waals surface area contributed by atoms with Crippen molar-refractivity contribution in [3.8, 4) is 0 Å². The van der Waals surface area contributed by atoms with Gasteiger partial charge in [0, 0.05) is 37.3 Å². The molecule has 1 aliphatic rings. The van der Waals surface area contributed by atoms with Crippen molar-refractivity contribution in [2.45, 2.75) is 38.3 Å². The van der Waals surface area contributed by atoms with Crippen LogP contribution in [0, 0.1) is 0 Å². The normalized spacial score (nSPS) is 22.5. The third-order valence-corrected chi connectivity index (χ3v) is 3.55. The molecule has 0 saturated carbocycles. The van der Waals surface area contributed by atoms with E-state index in [0.717, 1.165) is 18.8 Å². The van der Waals surface area contributed by atoms with Gasteiger partial charge in [-0.3, -0.25) is 9.58 Å². The molecule has 3 nitrogen and oxygen atoms in total. The Bertz CT molecular complexity index is 322. The van der Waals surface area contributed by atoms with Crippen molar-refractivity contribution in [3.05, 3.63) is 18.0 Å². The molecule has 0 radical (unpaired) electrons. The van der Waals surface area contributed by atoms with Gasteiger partial charge in [0.1, 0.15) is 0 Å². The van der Waals surface area contributed by atoms with Gasteiger partial charge < -0.3 is 0 Å². The van der Waals surface area contributed by atoms with E-state index >= 15 is 0 Å². The Morgan fingerprint density at radius 1 is 1.50 bits per heavy atom. The lowest BCUT2D eigenvalue weighted by atomic mass is 9.99. The lowest BCUT2D eigenvalue weighted by Gasteiger charge is -2.35. The summed E-state index contributed by atoms with van der Waals surface area (Å²) in [6.07, 6.45) is 9.15. The molecule has 0 aromatic carbocycles. The lowest BCUT2D eigenvalue weighted by molar-refractivity contribution is 0.137.